The number of hydrogen-bond donors (Lipinski definition) is 1. The number of pyridine rings is 1. The van der Waals surface area contributed by atoms with Crippen molar-refractivity contribution in [1.82, 2.24) is 14.9 Å². The van der Waals surface area contributed by atoms with Crippen LogP contribution in [0.25, 0.3) is 21.9 Å². The predicted octanol–water partition coefficient (Wildman–Crippen LogP) is 3.29. The van der Waals surface area contributed by atoms with Crippen LogP contribution in [0, 0.1) is 0 Å². The molecule has 3 aromatic rings. The summed E-state index contributed by atoms with van der Waals surface area (Å²) >= 11 is 0. The van der Waals surface area contributed by atoms with Gasteiger partial charge in [0.2, 0.25) is 11.8 Å². The van der Waals surface area contributed by atoms with Gasteiger partial charge in [-0.25, -0.2) is 4.98 Å². The van der Waals surface area contributed by atoms with E-state index >= 15 is 0 Å². The van der Waals surface area contributed by atoms with Crippen molar-refractivity contribution in [2.75, 3.05) is 0 Å². The van der Waals surface area contributed by atoms with Gasteiger partial charge in [-0.1, -0.05) is 19.9 Å². The summed E-state index contributed by atoms with van der Waals surface area (Å²) in [6.07, 6.45) is 2.60. The van der Waals surface area contributed by atoms with Crippen molar-refractivity contribution in [3.8, 4) is 0 Å². The number of aromatic nitrogens is 2. The summed E-state index contributed by atoms with van der Waals surface area (Å²) in [4.78, 5) is 28.4. The van der Waals surface area contributed by atoms with Crippen LogP contribution in [0.1, 0.15) is 44.2 Å². The van der Waals surface area contributed by atoms with Gasteiger partial charge in [-0.05, 0) is 42.2 Å². The second-order valence-electron chi connectivity index (χ2n) is 6.64. The number of benzene rings is 1. The minimum absolute atomic E-state index is 0.202. The van der Waals surface area contributed by atoms with E-state index in [4.69, 9.17) is 0 Å². The van der Waals surface area contributed by atoms with Crippen LogP contribution in [0.3, 0.4) is 0 Å². The maximum Gasteiger partial charge on any atom is 0.249 e. The minimum atomic E-state index is -0.400. The molecule has 2 aromatic heterocycles. The van der Waals surface area contributed by atoms with Gasteiger partial charge in [-0.2, -0.15) is 0 Å². The van der Waals surface area contributed by atoms with Crippen LogP contribution in [0.2, 0.25) is 0 Å². The Balaban J connectivity index is 1.99. The van der Waals surface area contributed by atoms with Gasteiger partial charge in [0.15, 0.2) is 0 Å². The van der Waals surface area contributed by atoms with Crippen LogP contribution in [-0.2, 0) is 9.59 Å². The van der Waals surface area contributed by atoms with E-state index in [1.807, 2.05) is 16.7 Å². The lowest BCUT2D eigenvalue weighted by Crippen LogP contribution is -2.41. The fourth-order valence-electron chi connectivity index (χ4n) is 3.50. The van der Waals surface area contributed by atoms with Crippen molar-refractivity contribution in [2.24, 2.45) is 0 Å². The third-order valence-corrected chi connectivity index (χ3v) is 4.77. The molecule has 1 saturated heterocycles. The molecule has 122 valence electrons. The first kappa shape index (κ1) is 14.9. The fraction of sp³-hybridized carbons (Fsp3) is 0.316. The molecule has 0 radical (unpaired) electrons. The molecule has 0 aliphatic carbocycles. The lowest BCUT2D eigenvalue weighted by Gasteiger charge is -2.23. The summed E-state index contributed by atoms with van der Waals surface area (Å²) < 4.78 is 1.98. The normalized spacial score (nSPS) is 18.5. The number of imide groups is 1. The molecule has 2 amide bonds. The first-order chi connectivity index (χ1) is 11.6. The smallest absolute Gasteiger partial charge is 0.249 e. The van der Waals surface area contributed by atoms with E-state index in [0.29, 0.717) is 18.8 Å². The number of carbonyl (C=O) groups excluding carboxylic acids is 2. The van der Waals surface area contributed by atoms with Gasteiger partial charge in [0.25, 0.3) is 0 Å². The monoisotopic (exact) mass is 321 g/mol. The first-order valence-corrected chi connectivity index (χ1v) is 8.28. The summed E-state index contributed by atoms with van der Waals surface area (Å²) in [7, 11) is 0. The number of nitrogens with one attached hydrogen (secondary N) is 1. The number of carbonyl (C=O) groups is 2. The van der Waals surface area contributed by atoms with E-state index in [1.54, 1.807) is 6.20 Å². The molecule has 1 aliphatic heterocycles. The Bertz CT molecular complexity index is 971. The quantitative estimate of drug-likeness (QED) is 0.737. The summed E-state index contributed by atoms with van der Waals surface area (Å²) in [5, 5.41) is 4.60. The number of amides is 2. The maximum atomic E-state index is 12.4. The second-order valence-corrected chi connectivity index (χ2v) is 6.64. The van der Waals surface area contributed by atoms with E-state index in [0.717, 1.165) is 21.9 Å². The van der Waals surface area contributed by atoms with Crippen molar-refractivity contribution in [3.63, 3.8) is 0 Å². The van der Waals surface area contributed by atoms with Crippen molar-refractivity contribution < 1.29 is 9.59 Å². The van der Waals surface area contributed by atoms with E-state index in [2.05, 4.69) is 42.3 Å². The molecule has 4 rings (SSSR count). The molecule has 0 spiro atoms. The molecule has 5 nitrogen and oxygen atoms in total. The molecule has 1 atom stereocenters. The third-order valence-electron chi connectivity index (χ3n) is 4.77. The summed E-state index contributed by atoms with van der Waals surface area (Å²) in [6.45, 7) is 4.33. The zero-order valence-corrected chi connectivity index (χ0v) is 13.7. The zero-order chi connectivity index (χ0) is 16.8. The predicted molar refractivity (Wildman–Crippen MR) is 92.7 cm³/mol. The number of nitrogens with zero attached hydrogens (tertiary/aromatic N) is 2. The minimum Gasteiger partial charge on any atom is -0.313 e. The van der Waals surface area contributed by atoms with E-state index in [9.17, 15) is 9.59 Å². The van der Waals surface area contributed by atoms with Gasteiger partial charge >= 0.3 is 0 Å². The molecule has 1 unspecified atom stereocenters. The molecular formula is C19H19N3O2. The molecule has 0 bridgehead atoms. The molecular weight excluding hydrogens is 302 g/mol. The molecule has 0 saturated carbocycles. The van der Waals surface area contributed by atoms with Crippen molar-refractivity contribution in [2.45, 2.75) is 38.6 Å². The highest BCUT2D eigenvalue weighted by Crippen LogP contribution is 2.34. The highest BCUT2D eigenvalue weighted by Gasteiger charge is 2.30. The van der Waals surface area contributed by atoms with Gasteiger partial charge in [0.05, 0.1) is 5.52 Å². The molecule has 1 fully saturated rings. The average Bonchev–Trinajstić information content (AvgIpc) is 2.89. The lowest BCUT2D eigenvalue weighted by molar-refractivity contribution is -0.135. The van der Waals surface area contributed by atoms with Gasteiger partial charge in [0.1, 0.15) is 11.7 Å². The third kappa shape index (κ3) is 2.19. The Morgan fingerprint density at radius 1 is 1.21 bits per heavy atom. The van der Waals surface area contributed by atoms with Gasteiger partial charge in [0, 0.05) is 23.4 Å². The highest BCUT2D eigenvalue weighted by atomic mass is 16.2. The molecule has 1 aromatic carbocycles. The van der Waals surface area contributed by atoms with E-state index < -0.39 is 6.04 Å². The van der Waals surface area contributed by atoms with Crippen molar-refractivity contribution in [3.05, 3.63) is 42.1 Å². The van der Waals surface area contributed by atoms with E-state index in [1.165, 1.54) is 5.56 Å². The Hall–Kier alpha value is -2.69. The Kier molecular flexibility index (Phi) is 3.37. The van der Waals surface area contributed by atoms with Gasteiger partial charge in [-0.15, -0.1) is 0 Å². The first-order valence-electron chi connectivity index (χ1n) is 8.28. The lowest BCUT2D eigenvalue weighted by atomic mass is 10.0. The summed E-state index contributed by atoms with van der Waals surface area (Å²) in [5.74, 6) is -0.0178. The number of piperidine rings is 1. The highest BCUT2D eigenvalue weighted by molar-refractivity contribution is 6.09. The average molecular weight is 321 g/mol. The molecule has 1 aliphatic rings. The Labute approximate surface area is 139 Å². The molecule has 1 N–H and O–H groups in total. The van der Waals surface area contributed by atoms with Crippen molar-refractivity contribution in [1.29, 1.82) is 0 Å². The van der Waals surface area contributed by atoms with Crippen LogP contribution < -0.4 is 5.32 Å². The topological polar surface area (TPSA) is 64.0 Å². The SMILES string of the molecule is CC(C)c1ccc2c(c1)c1cccnc1n2C1CCC(=O)NC1=O. The molecule has 24 heavy (non-hydrogen) atoms. The molecule has 5 heteroatoms. The number of fused-ring (bicyclic) bond motifs is 3. The largest absolute Gasteiger partial charge is 0.313 e. The summed E-state index contributed by atoms with van der Waals surface area (Å²) in [5.41, 5.74) is 3.04. The van der Waals surface area contributed by atoms with Crippen LogP contribution in [0.4, 0.5) is 0 Å². The van der Waals surface area contributed by atoms with Crippen LogP contribution >= 0.6 is 0 Å². The molecule has 3 heterocycles. The maximum absolute atomic E-state index is 12.4. The Morgan fingerprint density at radius 2 is 2.04 bits per heavy atom. The number of hydrogen-bond acceptors (Lipinski definition) is 3. The van der Waals surface area contributed by atoms with Crippen LogP contribution in [-0.4, -0.2) is 21.4 Å². The van der Waals surface area contributed by atoms with E-state index in [-0.39, 0.29) is 11.8 Å². The van der Waals surface area contributed by atoms with Crippen molar-refractivity contribution >= 4 is 33.8 Å². The van der Waals surface area contributed by atoms with Gasteiger partial charge in [-0.3, -0.25) is 14.9 Å². The zero-order valence-electron chi connectivity index (χ0n) is 13.7. The fourth-order valence-corrected chi connectivity index (χ4v) is 3.50. The number of rotatable bonds is 2. The second kappa shape index (κ2) is 5.44. The van der Waals surface area contributed by atoms with Crippen LogP contribution in [0.5, 0.6) is 0 Å². The summed E-state index contributed by atoms with van der Waals surface area (Å²) in [6, 6.07) is 9.91. The van der Waals surface area contributed by atoms with Crippen LogP contribution in [0.15, 0.2) is 36.5 Å². The Morgan fingerprint density at radius 3 is 2.79 bits per heavy atom. The van der Waals surface area contributed by atoms with Gasteiger partial charge < -0.3 is 4.57 Å². The standard InChI is InChI=1S/C19H19N3O2/c1-11(2)12-5-6-15-14(10-12)13-4-3-9-20-18(13)22(15)16-7-8-17(23)21-19(16)24/h3-6,9-11,16H,7-8H2,1-2H3,(H,21,23,24).